The van der Waals surface area contributed by atoms with E-state index in [9.17, 15) is 16.8 Å². The molecule has 10 heteroatoms. The van der Waals surface area contributed by atoms with Gasteiger partial charge < -0.3 is 5.73 Å². The van der Waals surface area contributed by atoms with Crippen LogP contribution in [0.25, 0.3) is 0 Å². The van der Waals surface area contributed by atoms with Gasteiger partial charge in [0.1, 0.15) is 0 Å². The van der Waals surface area contributed by atoms with Crippen molar-refractivity contribution >= 4 is 31.8 Å². The molecule has 0 fully saturated rings. The van der Waals surface area contributed by atoms with Crippen LogP contribution in [0.2, 0.25) is 0 Å². The minimum absolute atomic E-state index is 0.288. The van der Waals surface area contributed by atoms with Gasteiger partial charge in [0.25, 0.3) is 0 Å². The molecule has 0 heterocycles. The SMILES string of the molecule is Nc1ccc(NS(=O)(=O)CCOS(=O)(=O)O)cc1. The zero-order valence-electron chi connectivity index (χ0n) is 9.11. The van der Waals surface area contributed by atoms with Crippen LogP contribution in [0.5, 0.6) is 0 Å². The third kappa shape index (κ3) is 5.82. The topological polar surface area (TPSA) is 136 Å². The van der Waals surface area contributed by atoms with Crippen LogP contribution in [0.1, 0.15) is 0 Å². The summed E-state index contributed by atoms with van der Waals surface area (Å²) >= 11 is 0. The molecule has 0 radical (unpaired) electrons. The first kappa shape index (κ1) is 14.7. The Morgan fingerprint density at radius 3 is 2.22 bits per heavy atom. The summed E-state index contributed by atoms with van der Waals surface area (Å²) < 4.78 is 57.7. The normalized spacial score (nSPS) is 12.3. The van der Waals surface area contributed by atoms with Gasteiger partial charge in [-0.3, -0.25) is 9.27 Å². The molecule has 0 unspecified atom stereocenters. The Kier molecular flexibility index (Phi) is 4.51. The van der Waals surface area contributed by atoms with Gasteiger partial charge >= 0.3 is 10.4 Å². The minimum Gasteiger partial charge on any atom is -0.399 e. The number of benzene rings is 1. The smallest absolute Gasteiger partial charge is 0.397 e. The van der Waals surface area contributed by atoms with Crippen LogP contribution in [0, 0.1) is 0 Å². The van der Waals surface area contributed by atoms with Crippen molar-refractivity contribution in [2.75, 3.05) is 22.8 Å². The molecule has 0 saturated heterocycles. The van der Waals surface area contributed by atoms with Crippen LogP contribution in [0.15, 0.2) is 24.3 Å². The lowest BCUT2D eigenvalue weighted by Gasteiger charge is -2.07. The van der Waals surface area contributed by atoms with E-state index in [0.29, 0.717) is 5.69 Å². The summed E-state index contributed by atoms with van der Waals surface area (Å²) in [4.78, 5) is 0. The molecule has 0 atom stereocenters. The van der Waals surface area contributed by atoms with E-state index in [-0.39, 0.29) is 5.69 Å². The molecule has 0 spiro atoms. The molecule has 1 aromatic carbocycles. The Hall–Kier alpha value is -1.36. The van der Waals surface area contributed by atoms with E-state index in [0.717, 1.165) is 0 Å². The maximum Gasteiger partial charge on any atom is 0.397 e. The number of rotatable bonds is 6. The maximum absolute atomic E-state index is 11.5. The van der Waals surface area contributed by atoms with Gasteiger partial charge in [0.2, 0.25) is 10.0 Å². The fraction of sp³-hybridized carbons (Fsp3) is 0.250. The van der Waals surface area contributed by atoms with Crippen molar-refractivity contribution in [3.8, 4) is 0 Å². The molecular weight excluding hydrogens is 284 g/mol. The predicted molar refractivity (Wildman–Crippen MR) is 65.8 cm³/mol. The van der Waals surface area contributed by atoms with Crippen molar-refractivity contribution in [1.82, 2.24) is 0 Å². The van der Waals surface area contributed by atoms with Crippen molar-refractivity contribution in [3.63, 3.8) is 0 Å². The first-order chi connectivity index (χ1) is 8.18. The number of hydrogen-bond donors (Lipinski definition) is 3. The molecule has 1 rings (SSSR count). The van der Waals surface area contributed by atoms with Gasteiger partial charge in [-0.1, -0.05) is 0 Å². The van der Waals surface area contributed by atoms with E-state index < -0.39 is 32.8 Å². The van der Waals surface area contributed by atoms with E-state index in [2.05, 4.69) is 8.91 Å². The third-order valence-corrected chi connectivity index (χ3v) is 3.48. The molecule has 102 valence electrons. The number of sulfonamides is 1. The third-order valence-electron chi connectivity index (χ3n) is 1.77. The Morgan fingerprint density at radius 2 is 1.72 bits per heavy atom. The molecule has 0 saturated carbocycles. The summed E-state index contributed by atoms with van der Waals surface area (Å²) in [7, 11) is -8.40. The lowest BCUT2D eigenvalue weighted by Crippen LogP contribution is -2.21. The first-order valence-electron chi connectivity index (χ1n) is 4.66. The zero-order valence-corrected chi connectivity index (χ0v) is 10.7. The van der Waals surface area contributed by atoms with Gasteiger partial charge in [-0.2, -0.15) is 8.42 Å². The summed E-state index contributed by atoms with van der Waals surface area (Å²) in [6.07, 6.45) is 0. The molecule has 0 bridgehead atoms. The highest BCUT2D eigenvalue weighted by Crippen LogP contribution is 2.12. The van der Waals surface area contributed by atoms with Crippen LogP contribution in [-0.4, -0.2) is 33.7 Å². The Bertz CT molecular complexity index is 593. The lowest BCUT2D eigenvalue weighted by molar-refractivity contribution is 0.284. The first-order valence-corrected chi connectivity index (χ1v) is 7.67. The highest BCUT2D eigenvalue weighted by Gasteiger charge is 2.13. The van der Waals surface area contributed by atoms with Crippen molar-refractivity contribution in [2.24, 2.45) is 0 Å². The van der Waals surface area contributed by atoms with Crippen molar-refractivity contribution < 1.29 is 25.6 Å². The lowest BCUT2D eigenvalue weighted by atomic mass is 10.3. The summed E-state index contributed by atoms with van der Waals surface area (Å²) in [6.45, 7) is -0.677. The molecular formula is C8H12N2O6S2. The van der Waals surface area contributed by atoms with Crippen LogP contribution in [0.3, 0.4) is 0 Å². The van der Waals surface area contributed by atoms with Gasteiger partial charge in [-0.15, -0.1) is 0 Å². The number of hydrogen-bond acceptors (Lipinski definition) is 6. The van der Waals surface area contributed by atoms with Gasteiger partial charge in [-0.25, -0.2) is 12.6 Å². The number of anilines is 2. The fourth-order valence-corrected chi connectivity index (χ4v) is 2.33. The standard InChI is InChI=1S/C8H12N2O6S2/c9-7-1-3-8(4-2-7)10-17(11,12)6-5-16-18(13,14)15/h1-4,10H,5-6,9H2,(H,13,14,15). The molecule has 8 nitrogen and oxygen atoms in total. The van der Waals surface area contributed by atoms with Gasteiger partial charge in [0, 0.05) is 11.4 Å². The average molecular weight is 296 g/mol. The van der Waals surface area contributed by atoms with E-state index >= 15 is 0 Å². The van der Waals surface area contributed by atoms with Crippen LogP contribution >= 0.6 is 0 Å². The van der Waals surface area contributed by atoms with E-state index in [4.69, 9.17) is 10.3 Å². The summed E-state index contributed by atoms with van der Waals surface area (Å²) in [6, 6.07) is 5.92. The second-order valence-corrected chi connectivity index (χ2v) is 6.23. The molecule has 0 aliphatic rings. The van der Waals surface area contributed by atoms with Gasteiger partial charge in [0.15, 0.2) is 0 Å². The van der Waals surface area contributed by atoms with Crippen molar-refractivity contribution in [3.05, 3.63) is 24.3 Å². The van der Waals surface area contributed by atoms with E-state index in [1.54, 1.807) is 0 Å². The summed E-state index contributed by atoms with van der Waals surface area (Å²) in [5, 5.41) is 0. The second kappa shape index (κ2) is 5.52. The van der Waals surface area contributed by atoms with Gasteiger partial charge in [0.05, 0.1) is 12.4 Å². The zero-order chi connectivity index (χ0) is 13.8. The molecule has 0 aromatic heterocycles. The Morgan fingerprint density at radius 1 is 1.17 bits per heavy atom. The predicted octanol–water partition coefficient (Wildman–Crippen LogP) is -0.170. The summed E-state index contributed by atoms with van der Waals surface area (Å²) in [5.74, 6) is -0.614. The fourth-order valence-electron chi connectivity index (χ4n) is 1.03. The van der Waals surface area contributed by atoms with Crippen LogP contribution < -0.4 is 10.5 Å². The molecule has 0 aliphatic heterocycles. The number of nitrogens with two attached hydrogens (primary N) is 1. The molecule has 18 heavy (non-hydrogen) atoms. The highest BCUT2D eigenvalue weighted by molar-refractivity contribution is 7.92. The number of nitrogen functional groups attached to an aromatic ring is 1. The van der Waals surface area contributed by atoms with Gasteiger partial charge in [-0.05, 0) is 24.3 Å². The van der Waals surface area contributed by atoms with Crippen LogP contribution in [-0.2, 0) is 24.6 Å². The van der Waals surface area contributed by atoms with E-state index in [1.165, 1.54) is 24.3 Å². The van der Waals surface area contributed by atoms with Crippen molar-refractivity contribution in [2.45, 2.75) is 0 Å². The average Bonchev–Trinajstić information content (AvgIpc) is 2.18. The highest BCUT2D eigenvalue weighted by atomic mass is 32.3. The molecule has 1 aromatic rings. The largest absolute Gasteiger partial charge is 0.399 e. The monoisotopic (exact) mass is 296 g/mol. The van der Waals surface area contributed by atoms with Crippen molar-refractivity contribution in [1.29, 1.82) is 0 Å². The van der Waals surface area contributed by atoms with Crippen LogP contribution in [0.4, 0.5) is 11.4 Å². The Labute approximate surface area is 105 Å². The quantitative estimate of drug-likeness (QED) is 0.489. The molecule has 4 N–H and O–H groups in total. The molecule has 0 aliphatic carbocycles. The summed E-state index contributed by atoms with van der Waals surface area (Å²) in [5.41, 5.74) is 6.19. The van der Waals surface area contributed by atoms with E-state index in [1.807, 2.05) is 0 Å². The Balaban J connectivity index is 2.57. The maximum atomic E-state index is 11.5. The number of nitrogens with one attached hydrogen (secondary N) is 1. The minimum atomic E-state index is -4.63. The molecule has 0 amide bonds. The second-order valence-electron chi connectivity index (χ2n) is 3.29.